The summed E-state index contributed by atoms with van der Waals surface area (Å²) in [4.78, 5) is -0.104. The summed E-state index contributed by atoms with van der Waals surface area (Å²) in [6.07, 6.45) is 0. The third-order valence-electron chi connectivity index (χ3n) is 2.60. The lowest BCUT2D eigenvalue weighted by Crippen LogP contribution is -2.13. The molecule has 20 heavy (non-hydrogen) atoms. The van der Waals surface area contributed by atoms with Crippen LogP contribution in [0.1, 0.15) is 11.1 Å². The van der Waals surface area contributed by atoms with Crippen LogP contribution in [0.5, 0.6) is 5.75 Å². The first-order valence-corrected chi connectivity index (χ1v) is 8.54. The fourth-order valence-corrected chi connectivity index (χ4v) is 4.95. The summed E-state index contributed by atoms with van der Waals surface area (Å²) in [6, 6.07) is 4.57. The van der Waals surface area contributed by atoms with Gasteiger partial charge < -0.3 is 5.11 Å². The van der Waals surface area contributed by atoms with Crippen molar-refractivity contribution < 1.29 is 13.5 Å². The molecule has 2 N–H and O–H groups in total. The molecule has 0 spiro atoms. The highest BCUT2D eigenvalue weighted by molar-refractivity contribution is 7.93. The molecule has 1 aromatic carbocycles. The molecule has 1 heterocycles. The lowest BCUT2D eigenvalue weighted by molar-refractivity contribution is 0.473. The molecule has 2 aromatic rings. The van der Waals surface area contributed by atoms with Gasteiger partial charge in [-0.1, -0.05) is 29.3 Å². The third-order valence-corrected chi connectivity index (χ3v) is 5.72. The molecule has 0 amide bonds. The zero-order valence-corrected chi connectivity index (χ0v) is 13.7. The molecule has 0 saturated heterocycles. The van der Waals surface area contributed by atoms with Crippen LogP contribution in [0.25, 0.3) is 0 Å². The predicted molar refractivity (Wildman–Crippen MR) is 82.7 cm³/mol. The number of aryl methyl sites for hydroxylation is 2. The molecule has 0 saturated carbocycles. The van der Waals surface area contributed by atoms with Crippen molar-refractivity contribution in [2.45, 2.75) is 18.7 Å². The summed E-state index contributed by atoms with van der Waals surface area (Å²) < 4.78 is 27.2. The van der Waals surface area contributed by atoms with Crippen LogP contribution >= 0.6 is 34.5 Å². The zero-order valence-electron chi connectivity index (χ0n) is 10.6. The topological polar surface area (TPSA) is 66.4 Å². The molecule has 2 rings (SSSR count). The minimum Gasteiger partial charge on any atom is -0.505 e. The molecule has 0 bridgehead atoms. The number of hydrogen-bond donors (Lipinski definition) is 2. The summed E-state index contributed by atoms with van der Waals surface area (Å²) in [5.41, 5.74) is 1.52. The SMILES string of the molecule is Cc1cc(C)c(O)c(NS(=O)(=O)c2cc(Cl)sc2Cl)c1. The summed E-state index contributed by atoms with van der Waals surface area (Å²) in [5, 5.41) is 9.92. The Hall–Kier alpha value is -0.950. The van der Waals surface area contributed by atoms with Gasteiger partial charge in [-0.05, 0) is 37.1 Å². The van der Waals surface area contributed by atoms with E-state index in [0.717, 1.165) is 16.9 Å². The standard InChI is InChI=1S/C12H11Cl2NO3S2/c1-6-3-7(2)11(16)8(4-6)15-20(17,18)9-5-10(13)19-12(9)14/h3-5,15-16H,1-2H3. The number of thiophene rings is 1. The number of nitrogens with one attached hydrogen (secondary N) is 1. The second-order valence-electron chi connectivity index (χ2n) is 4.27. The molecule has 0 atom stereocenters. The highest BCUT2D eigenvalue weighted by Crippen LogP contribution is 2.36. The Morgan fingerprint density at radius 3 is 2.40 bits per heavy atom. The van der Waals surface area contributed by atoms with Crippen molar-refractivity contribution in [1.29, 1.82) is 0 Å². The first-order valence-electron chi connectivity index (χ1n) is 5.48. The van der Waals surface area contributed by atoms with Gasteiger partial charge in [-0.2, -0.15) is 0 Å². The second kappa shape index (κ2) is 5.44. The Kier molecular flexibility index (Phi) is 4.20. The minimum atomic E-state index is -3.90. The van der Waals surface area contributed by atoms with Crippen LogP contribution in [0.4, 0.5) is 5.69 Å². The van der Waals surface area contributed by atoms with Crippen molar-refractivity contribution in [3.63, 3.8) is 0 Å². The van der Waals surface area contributed by atoms with Gasteiger partial charge in [-0.25, -0.2) is 8.42 Å². The fraction of sp³-hybridized carbons (Fsp3) is 0.167. The summed E-state index contributed by atoms with van der Waals surface area (Å²) in [6.45, 7) is 3.49. The number of rotatable bonds is 3. The van der Waals surface area contributed by atoms with Crippen LogP contribution in [-0.4, -0.2) is 13.5 Å². The Balaban J connectivity index is 2.46. The van der Waals surface area contributed by atoms with Crippen molar-refractivity contribution in [2.75, 3.05) is 4.72 Å². The molecule has 8 heteroatoms. The number of phenols is 1. The van der Waals surface area contributed by atoms with E-state index in [2.05, 4.69) is 4.72 Å². The molecular weight excluding hydrogens is 341 g/mol. The van der Waals surface area contributed by atoms with Crippen LogP contribution in [0.3, 0.4) is 0 Å². The number of phenolic OH excluding ortho intramolecular Hbond substituents is 1. The fourth-order valence-electron chi connectivity index (χ4n) is 1.75. The smallest absolute Gasteiger partial charge is 0.264 e. The summed E-state index contributed by atoms with van der Waals surface area (Å²) in [7, 11) is -3.90. The summed E-state index contributed by atoms with van der Waals surface area (Å²) in [5.74, 6) is -0.114. The van der Waals surface area contributed by atoms with Gasteiger partial charge >= 0.3 is 0 Å². The van der Waals surface area contributed by atoms with Crippen LogP contribution in [0, 0.1) is 13.8 Å². The van der Waals surface area contributed by atoms with Gasteiger partial charge in [0.1, 0.15) is 15.0 Å². The molecule has 1 aromatic heterocycles. The van der Waals surface area contributed by atoms with E-state index in [1.54, 1.807) is 26.0 Å². The normalized spacial score (nSPS) is 11.6. The number of aromatic hydroxyl groups is 1. The maximum Gasteiger partial charge on any atom is 0.264 e. The van der Waals surface area contributed by atoms with Crippen LogP contribution in [-0.2, 0) is 10.0 Å². The number of benzene rings is 1. The highest BCUT2D eigenvalue weighted by atomic mass is 35.5. The Bertz CT molecular complexity index is 769. The van der Waals surface area contributed by atoms with Gasteiger partial charge in [0.15, 0.2) is 0 Å². The van der Waals surface area contributed by atoms with Gasteiger partial charge in [0.2, 0.25) is 0 Å². The van der Waals surface area contributed by atoms with Gasteiger partial charge in [-0.3, -0.25) is 4.72 Å². The van der Waals surface area contributed by atoms with Gasteiger partial charge in [0, 0.05) is 0 Å². The maximum atomic E-state index is 12.3. The van der Waals surface area contributed by atoms with Crippen LogP contribution < -0.4 is 4.72 Å². The molecule has 0 aliphatic carbocycles. The van der Waals surface area contributed by atoms with Crippen molar-refractivity contribution >= 4 is 50.2 Å². The molecule has 0 aliphatic heterocycles. The lowest BCUT2D eigenvalue weighted by atomic mass is 10.1. The van der Waals surface area contributed by atoms with Crippen molar-refractivity contribution in [3.05, 3.63) is 38.0 Å². The molecule has 0 unspecified atom stereocenters. The average Bonchev–Trinajstić information content (AvgIpc) is 2.65. The largest absolute Gasteiger partial charge is 0.505 e. The van der Waals surface area contributed by atoms with E-state index in [1.165, 1.54) is 6.07 Å². The van der Waals surface area contributed by atoms with E-state index in [1.807, 2.05) is 0 Å². The molecule has 108 valence electrons. The molecule has 0 fully saturated rings. The predicted octanol–water partition coefficient (Wildman–Crippen LogP) is 4.18. The third kappa shape index (κ3) is 3.03. The van der Waals surface area contributed by atoms with Gasteiger partial charge in [-0.15, -0.1) is 11.3 Å². The van der Waals surface area contributed by atoms with E-state index in [0.29, 0.717) is 5.56 Å². The zero-order chi connectivity index (χ0) is 15.1. The average molecular weight is 352 g/mol. The Morgan fingerprint density at radius 1 is 1.20 bits per heavy atom. The van der Waals surface area contributed by atoms with E-state index in [9.17, 15) is 13.5 Å². The Labute approximate surface area is 131 Å². The Morgan fingerprint density at radius 2 is 1.85 bits per heavy atom. The van der Waals surface area contributed by atoms with Gasteiger partial charge in [0.25, 0.3) is 10.0 Å². The second-order valence-corrected chi connectivity index (χ2v) is 8.21. The minimum absolute atomic E-state index is 0.0753. The highest BCUT2D eigenvalue weighted by Gasteiger charge is 2.22. The van der Waals surface area contributed by atoms with E-state index >= 15 is 0 Å². The van der Waals surface area contributed by atoms with E-state index in [-0.39, 0.29) is 25.0 Å². The lowest BCUT2D eigenvalue weighted by Gasteiger charge is -2.11. The van der Waals surface area contributed by atoms with E-state index in [4.69, 9.17) is 23.2 Å². The van der Waals surface area contributed by atoms with E-state index < -0.39 is 10.0 Å². The quantitative estimate of drug-likeness (QED) is 0.815. The molecular formula is C12H11Cl2NO3S2. The van der Waals surface area contributed by atoms with Crippen molar-refractivity contribution in [3.8, 4) is 5.75 Å². The first kappa shape index (κ1) is 15.4. The first-order chi connectivity index (χ1) is 9.20. The number of anilines is 1. The molecule has 0 radical (unpaired) electrons. The van der Waals surface area contributed by atoms with Crippen LogP contribution in [0.2, 0.25) is 8.67 Å². The van der Waals surface area contributed by atoms with Crippen molar-refractivity contribution in [2.24, 2.45) is 0 Å². The van der Waals surface area contributed by atoms with Crippen LogP contribution in [0.15, 0.2) is 23.1 Å². The number of hydrogen-bond acceptors (Lipinski definition) is 4. The van der Waals surface area contributed by atoms with Gasteiger partial charge in [0.05, 0.1) is 10.0 Å². The number of halogens is 2. The van der Waals surface area contributed by atoms with Crippen molar-refractivity contribution in [1.82, 2.24) is 0 Å². The summed E-state index contributed by atoms with van der Waals surface area (Å²) >= 11 is 12.6. The molecule has 4 nitrogen and oxygen atoms in total. The molecule has 0 aliphatic rings. The maximum absolute atomic E-state index is 12.3. The monoisotopic (exact) mass is 351 g/mol. The number of sulfonamides is 1.